The van der Waals surface area contributed by atoms with E-state index in [-0.39, 0.29) is 23.7 Å². The van der Waals surface area contributed by atoms with Gasteiger partial charge in [-0.1, -0.05) is 58.8 Å². The Balaban J connectivity index is 2.35. The van der Waals surface area contributed by atoms with E-state index in [1.165, 1.54) is 25.7 Å². The summed E-state index contributed by atoms with van der Waals surface area (Å²) in [6, 6.07) is 0. The van der Waals surface area contributed by atoms with Gasteiger partial charge in [0.15, 0.2) is 0 Å². The Labute approximate surface area is 141 Å². The second kappa shape index (κ2) is 11.5. The van der Waals surface area contributed by atoms with Crippen LogP contribution < -0.4 is 0 Å². The van der Waals surface area contributed by atoms with Crippen molar-refractivity contribution in [2.45, 2.75) is 78.6 Å². The minimum atomic E-state index is -0.255. The van der Waals surface area contributed by atoms with Crippen LogP contribution >= 0.6 is 0 Å². The molecule has 4 nitrogen and oxygen atoms in total. The fourth-order valence-electron chi connectivity index (χ4n) is 3.30. The number of hydrogen-bond donors (Lipinski definition) is 0. The molecule has 0 aromatic rings. The van der Waals surface area contributed by atoms with Gasteiger partial charge in [0, 0.05) is 13.1 Å². The number of ether oxygens (including phenoxy) is 1. The van der Waals surface area contributed by atoms with E-state index in [1.54, 1.807) is 4.90 Å². The second-order valence-corrected chi connectivity index (χ2v) is 6.67. The molecule has 23 heavy (non-hydrogen) atoms. The van der Waals surface area contributed by atoms with Gasteiger partial charge in [0.1, 0.15) is 0 Å². The van der Waals surface area contributed by atoms with Crippen LogP contribution in [-0.2, 0) is 14.3 Å². The lowest BCUT2D eigenvalue weighted by Crippen LogP contribution is -2.26. The summed E-state index contributed by atoms with van der Waals surface area (Å²) >= 11 is 0. The van der Waals surface area contributed by atoms with Crippen molar-refractivity contribution in [3.63, 3.8) is 0 Å². The summed E-state index contributed by atoms with van der Waals surface area (Å²) in [6.45, 7) is 8.02. The predicted octanol–water partition coefficient (Wildman–Crippen LogP) is 4.17. The Hall–Kier alpha value is -1.06. The third-order valence-corrected chi connectivity index (χ3v) is 4.83. The Morgan fingerprint density at radius 2 is 1.70 bits per heavy atom. The van der Waals surface area contributed by atoms with Gasteiger partial charge in [-0.25, -0.2) is 0 Å². The van der Waals surface area contributed by atoms with Gasteiger partial charge in [-0.2, -0.15) is 0 Å². The van der Waals surface area contributed by atoms with Crippen LogP contribution in [-0.4, -0.2) is 36.5 Å². The molecule has 1 heterocycles. The number of carbonyl (C=O) groups excluding carboxylic acids is 2. The van der Waals surface area contributed by atoms with E-state index in [0.29, 0.717) is 19.7 Å². The number of esters is 1. The van der Waals surface area contributed by atoms with Crippen LogP contribution in [0.4, 0.5) is 0 Å². The van der Waals surface area contributed by atoms with Crippen LogP contribution in [0.2, 0.25) is 0 Å². The largest absolute Gasteiger partial charge is 0.465 e. The van der Waals surface area contributed by atoms with Gasteiger partial charge in [0.05, 0.1) is 18.4 Å². The number of amides is 1. The highest BCUT2D eigenvalue weighted by Gasteiger charge is 2.43. The van der Waals surface area contributed by atoms with Crippen molar-refractivity contribution < 1.29 is 14.3 Å². The predicted molar refractivity (Wildman–Crippen MR) is 93.1 cm³/mol. The van der Waals surface area contributed by atoms with E-state index in [9.17, 15) is 9.59 Å². The molecule has 0 bridgehead atoms. The molecular formula is C19H35NO3. The first-order valence-corrected chi connectivity index (χ1v) is 9.61. The van der Waals surface area contributed by atoms with Crippen molar-refractivity contribution in [2.24, 2.45) is 11.8 Å². The number of hydrogen-bond acceptors (Lipinski definition) is 3. The van der Waals surface area contributed by atoms with Gasteiger partial charge in [-0.3, -0.25) is 9.59 Å². The van der Waals surface area contributed by atoms with Crippen LogP contribution in [0.5, 0.6) is 0 Å². The van der Waals surface area contributed by atoms with Gasteiger partial charge in [-0.15, -0.1) is 0 Å². The maximum atomic E-state index is 12.4. The lowest BCUT2D eigenvalue weighted by Gasteiger charge is -2.15. The van der Waals surface area contributed by atoms with Gasteiger partial charge in [0.2, 0.25) is 5.91 Å². The third kappa shape index (κ3) is 6.52. The Kier molecular flexibility index (Phi) is 9.97. The number of nitrogens with zero attached hydrogens (tertiary/aromatic N) is 1. The van der Waals surface area contributed by atoms with Crippen molar-refractivity contribution in [3.8, 4) is 0 Å². The molecule has 134 valence electrons. The molecule has 0 saturated carbocycles. The zero-order chi connectivity index (χ0) is 17.1. The standard InChI is InChI=1S/C19H35NO3/c1-4-7-9-10-11-12-14-23-19(22)17-15-20(6-3)18(21)16(17)13-8-5-2/h16-17H,4-15H2,1-3H3. The molecule has 2 atom stereocenters. The molecule has 0 radical (unpaired) electrons. The molecule has 1 amide bonds. The minimum absolute atomic E-state index is 0.141. The quantitative estimate of drug-likeness (QED) is 0.399. The van der Waals surface area contributed by atoms with E-state index in [1.807, 2.05) is 6.92 Å². The van der Waals surface area contributed by atoms with Crippen LogP contribution in [0.3, 0.4) is 0 Å². The van der Waals surface area contributed by atoms with E-state index in [2.05, 4.69) is 13.8 Å². The monoisotopic (exact) mass is 325 g/mol. The first kappa shape index (κ1) is 20.0. The summed E-state index contributed by atoms with van der Waals surface area (Å²) in [5.74, 6) is -0.438. The molecule has 1 aliphatic rings. The molecule has 1 fully saturated rings. The highest BCUT2D eigenvalue weighted by atomic mass is 16.5. The average molecular weight is 325 g/mol. The molecule has 0 aromatic heterocycles. The Bertz CT molecular complexity index is 357. The summed E-state index contributed by atoms with van der Waals surface area (Å²) in [6.07, 6.45) is 9.94. The van der Waals surface area contributed by atoms with Crippen LogP contribution in [0.1, 0.15) is 78.6 Å². The maximum absolute atomic E-state index is 12.4. The van der Waals surface area contributed by atoms with Gasteiger partial charge in [-0.05, 0) is 19.8 Å². The third-order valence-electron chi connectivity index (χ3n) is 4.83. The highest BCUT2D eigenvalue weighted by molar-refractivity contribution is 5.89. The summed E-state index contributed by atoms with van der Waals surface area (Å²) in [5.41, 5.74) is 0. The summed E-state index contributed by atoms with van der Waals surface area (Å²) in [5, 5.41) is 0. The topological polar surface area (TPSA) is 46.6 Å². The fourth-order valence-corrected chi connectivity index (χ4v) is 3.30. The fraction of sp³-hybridized carbons (Fsp3) is 0.895. The van der Waals surface area contributed by atoms with Gasteiger partial charge < -0.3 is 9.64 Å². The summed E-state index contributed by atoms with van der Waals surface area (Å²) in [4.78, 5) is 26.5. The second-order valence-electron chi connectivity index (χ2n) is 6.67. The molecule has 1 rings (SSSR count). The van der Waals surface area contributed by atoms with E-state index in [0.717, 1.165) is 32.1 Å². The number of unbranched alkanes of at least 4 members (excludes halogenated alkanes) is 6. The molecule has 0 aromatic carbocycles. The lowest BCUT2D eigenvalue weighted by molar-refractivity contribution is -0.150. The summed E-state index contributed by atoms with van der Waals surface area (Å²) in [7, 11) is 0. The molecular weight excluding hydrogens is 290 g/mol. The lowest BCUT2D eigenvalue weighted by atomic mass is 9.90. The molecule has 1 saturated heterocycles. The maximum Gasteiger partial charge on any atom is 0.311 e. The molecule has 1 aliphatic heterocycles. The van der Waals surface area contributed by atoms with Gasteiger partial charge >= 0.3 is 5.97 Å². The number of carbonyl (C=O) groups is 2. The smallest absolute Gasteiger partial charge is 0.311 e. The van der Waals surface area contributed by atoms with E-state index >= 15 is 0 Å². The van der Waals surface area contributed by atoms with Gasteiger partial charge in [0.25, 0.3) is 0 Å². The number of rotatable bonds is 12. The molecule has 0 aliphatic carbocycles. The van der Waals surface area contributed by atoms with Crippen LogP contribution in [0, 0.1) is 11.8 Å². The molecule has 0 N–H and O–H groups in total. The Morgan fingerprint density at radius 1 is 1.04 bits per heavy atom. The summed E-state index contributed by atoms with van der Waals surface area (Å²) < 4.78 is 5.47. The molecule has 0 spiro atoms. The SMILES string of the molecule is CCCCCCCCOC(=O)C1CN(CC)C(=O)C1CCCC. The Morgan fingerprint density at radius 3 is 2.35 bits per heavy atom. The van der Waals surface area contributed by atoms with Crippen LogP contribution in [0.15, 0.2) is 0 Å². The normalized spacial score (nSPS) is 21.0. The highest BCUT2D eigenvalue weighted by Crippen LogP contribution is 2.30. The van der Waals surface area contributed by atoms with Crippen molar-refractivity contribution in [3.05, 3.63) is 0 Å². The van der Waals surface area contributed by atoms with Crippen molar-refractivity contribution in [2.75, 3.05) is 19.7 Å². The van der Waals surface area contributed by atoms with Crippen molar-refractivity contribution >= 4 is 11.9 Å². The average Bonchev–Trinajstić information content (AvgIpc) is 2.88. The van der Waals surface area contributed by atoms with Crippen molar-refractivity contribution in [1.29, 1.82) is 0 Å². The van der Waals surface area contributed by atoms with E-state index < -0.39 is 0 Å². The molecule has 2 unspecified atom stereocenters. The minimum Gasteiger partial charge on any atom is -0.465 e. The van der Waals surface area contributed by atoms with Crippen molar-refractivity contribution in [1.82, 2.24) is 4.90 Å². The first-order valence-electron chi connectivity index (χ1n) is 9.61. The first-order chi connectivity index (χ1) is 11.2. The zero-order valence-electron chi connectivity index (χ0n) is 15.3. The van der Waals surface area contributed by atoms with E-state index in [4.69, 9.17) is 4.74 Å². The molecule has 4 heteroatoms. The van der Waals surface area contributed by atoms with Crippen LogP contribution in [0.25, 0.3) is 0 Å². The zero-order valence-corrected chi connectivity index (χ0v) is 15.3. The number of likely N-dealkylation sites (tertiary alicyclic amines) is 1.